The lowest BCUT2D eigenvalue weighted by Crippen LogP contribution is -1.98. The van der Waals surface area contributed by atoms with E-state index in [0.29, 0.717) is 17.1 Å². The molecule has 0 unspecified atom stereocenters. The first-order valence-corrected chi connectivity index (χ1v) is 7.01. The Labute approximate surface area is 105 Å². The number of aryl methyl sites for hydroxylation is 1. The fraction of sp³-hybridized carbons (Fsp3) is 0.182. The van der Waals surface area contributed by atoms with Gasteiger partial charge in [0.25, 0.3) is 0 Å². The second kappa shape index (κ2) is 4.02. The van der Waals surface area contributed by atoms with E-state index in [9.17, 15) is 13.5 Å². The van der Waals surface area contributed by atoms with Crippen LogP contribution in [0.1, 0.15) is 0 Å². The van der Waals surface area contributed by atoms with E-state index >= 15 is 0 Å². The Morgan fingerprint density at radius 3 is 2.44 bits per heavy atom. The molecule has 96 valence electrons. The van der Waals surface area contributed by atoms with Gasteiger partial charge < -0.3 is 10.8 Å². The predicted octanol–water partition coefficient (Wildman–Crippen LogP) is 0.778. The summed E-state index contributed by atoms with van der Waals surface area (Å²) in [7, 11) is -1.74. The van der Waals surface area contributed by atoms with Gasteiger partial charge in [0.15, 0.2) is 9.84 Å². The molecule has 1 heterocycles. The second-order valence-electron chi connectivity index (χ2n) is 4.03. The van der Waals surface area contributed by atoms with E-state index in [-0.39, 0.29) is 10.6 Å². The first-order chi connectivity index (χ1) is 8.29. The van der Waals surface area contributed by atoms with Crippen molar-refractivity contribution in [1.29, 1.82) is 0 Å². The number of aromatic nitrogens is 2. The van der Waals surface area contributed by atoms with E-state index in [1.165, 1.54) is 16.8 Å². The Balaban J connectivity index is 2.53. The third-order valence-corrected chi connectivity index (χ3v) is 3.71. The Kier molecular flexibility index (Phi) is 2.78. The van der Waals surface area contributed by atoms with E-state index < -0.39 is 9.84 Å². The van der Waals surface area contributed by atoms with E-state index in [1.54, 1.807) is 19.2 Å². The van der Waals surface area contributed by atoms with Gasteiger partial charge in [-0.05, 0) is 12.1 Å². The van der Waals surface area contributed by atoms with E-state index in [4.69, 9.17) is 5.73 Å². The highest BCUT2D eigenvalue weighted by molar-refractivity contribution is 7.90. The average Bonchev–Trinajstić information content (AvgIpc) is 2.57. The van der Waals surface area contributed by atoms with Crippen molar-refractivity contribution in [1.82, 2.24) is 9.78 Å². The lowest BCUT2D eigenvalue weighted by Gasteiger charge is -2.03. The summed E-state index contributed by atoms with van der Waals surface area (Å²) in [5.74, 6) is 0.191. The number of hydrogen-bond acceptors (Lipinski definition) is 5. The van der Waals surface area contributed by atoms with Crippen molar-refractivity contribution in [3.8, 4) is 17.0 Å². The summed E-state index contributed by atoms with van der Waals surface area (Å²) < 4.78 is 24.2. The molecule has 0 fully saturated rings. The number of anilines is 1. The Bertz CT molecular complexity index is 685. The number of phenols is 1. The van der Waals surface area contributed by atoms with Gasteiger partial charge in [0.2, 0.25) is 0 Å². The number of hydrogen-bond donors (Lipinski definition) is 2. The fourth-order valence-electron chi connectivity index (χ4n) is 1.61. The standard InChI is InChI=1S/C11H13N3O3S/c1-14-11(12)6-8(13-14)7-3-4-10(9(15)5-7)18(2,16)17/h3-6,15H,12H2,1-2H3. The minimum Gasteiger partial charge on any atom is -0.507 e. The molecule has 0 atom stereocenters. The van der Waals surface area contributed by atoms with Crippen molar-refractivity contribution in [3.63, 3.8) is 0 Å². The molecule has 0 saturated carbocycles. The van der Waals surface area contributed by atoms with Crippen LogP contribution < -0.4 is 5.73 Å². The first-order valence-electron chi connectivity index (χ1n) is 5.12. The van der Waals surface area contributed by atoms with Gasteiger partial charge in [-0.3, -0.25) is 4.68 Å². The van der Waals surface area contributed by atoms with Crippen LogP contribution in [0.15, 0.2) is 29.2 Å². The molecular weight excluding hydrogens is 254 g/mol. The van der Waals surface area contributed by atoms with Crippen LogP contribution in [0.25, 0.3) is 11.3 Å². The van der Waals surface area contributed by atoms with Gasteiger partial charge in [-0.1, -0.05) is 6.07 Å². The number of benzene rings is 1. The Morgan fingerprint density at radius 1 is 1.33 bits per heavy atom. The molecular formula is C11H13N3O3S. The van der Waals surface area contributed by atoms with Crippen molar-refractivity contribution in [2.45, 2.75) is 4.90 Å². The largest absolute Gasteiger partial charge is 0.507 e. The highest BCUT2D eigenvalue weighted by Crippen LogP contribution is 2.29. The summed E-state index contributed by atoms with van der Waals surface area (Å²) in [5, 5.41) is 13.9. The van der Waals surface area contributed by atoms with Crippen molar-refractivity contribution in [3.05, 3.63) is 24.3 Å². The maximum Gasteiger partial charge on any atom is 0.179 e. The van der Waals surface area contributed by atoms with Crippen LogP contribution in [-0.2, 0) is 16.9 Å². The van der Waals surface area contributed by atoms with Crippen LogP contribution in [0, 0.1) is 0 Å². The number of nitrogens with zero attached hydrogens (tertiary/aromatic N) is 2. The molecule has 2 aromatic rings. The van der Waals surface area contributed by atoms with Crippen LogP contribution in [-0.4, -0.2) is 29.6 Å². The molecule has 0 radical (unpaired) electrons. The number of phenolic OH excluding ortho intramolecular Hbond substituents is 1. The highest BCUT2D eigenvalue weighted by atomic mass is 32.2. The minimum absolute atomic E-state index is 0.102. The molecule has 2 rings (SSSR count). The molecule has 0 saturated heterocycles. The lowest BCUT2D eigenvalue weighted by molar-refractivity contribution is 0.459. The first kappa shape index (κ1) is 12.4. The van der Waals surface area contributed by atoms with Crippen LogP contribution in [0.5, 0.6) is 5.75 Å². The number of nitrogen functional groups attached to an aromatic ring is 1. The summed E-state index contributed by atoms with van der Waals surface area (Å²) in [5.41, 5.74) is 6.84. The van der Waals surface area contributed by atoms with Gasteiger partial charge in [-0.15, -0.1) is 0 Å². The summed E-state index contributed by atoms with van der Waals surface area (Å²) >= 11 is 0. The smallest absolute Gasteiger partial charge is 0.179 e. The molecule has 3 N–H and O–H groups in total. The molecule has 1 aromatic heterocycles. The van der Waals surface area contributed by atoms with Gasteiger partial charge in [0, 0.05) is 24.9 Å². The van der Waals surface area contributed by atoms with Gasteiger partial charge >= 0.3 is 0 Å². The van der Waals surface area contributed by atoms with Crippen molar-refractivity contribution in [2.24, 2.45) is 7.05 Å². The number of rotatable bonds is 2. The third kappa shape index (κ3) is 2.17. The molecule has 18 heavy (non-hydrogen) atoms. The zero-order valence-electron chi connectivity index (χ0n) is 9.95. The van der Waals surface area contributed by atoms with Crippen LogP contribution in [0.4, 0.5) is 5.82 Å². The molecule has 0 aliphatic heterocycles. The van der Waals surface area contributed by atoms with Gasteiger partial charge in [0.1, 0.15) is 16.5 Å². The Morgan fingerprint density at radius 2 is 2.00 bits per heavy atom. The van der Waals surface area contributed by atoms with Crippen LogP contribution in [0.3, 0.4) is 0 Å². The minimum atomic E-state index is -3.44. The average molecular weight is 267 g/mol. The molecule has 1 aromatic carbocycles. The maximum absolute atomic E-state index is 11.4. The predicted molar refractivity (Wildman–Crippen MR) is 67.8 cm³/mol. The van der Waals surface area contributed by atoms with Crippen molar-refractivity contribution >= 4 is 15.7 Å². The SMILES string of the molecule is Cn1nc(-c2ccc(S(C)(=O)=O)c(O)c2)cc1N. The van der Waals surface area contributed by atoms with Crippen LogP contribution >= 0.6 is 0 Å². The summed E-state index contributed by atoms with van der Waals surface area (Å²) in [6.45, 7) is 0. The molecule has 0 spiro atoms. The van der Waals surface area contributed by atoms with Gasteiger partial charge in [0.05, 0.1) is 5.69 Å². The van der Waals surface area contributed by atoms with E-state index in [1.807, 2.05) is 0 Å². The molecule has 0 bridgehead atoms. The number of sulfone groups is 1. The summed E-state index contributed by atoms with van der Waals surface area (Å²) in [6.07, 6.45) is 1.04. The monoisotopic (exact) mass is 267 g/mol. The summed E-state index contributed by atoms with van der Waals surface area (Å²) in [4.78, 5) is -0.102. The molecule has 7 heteroatoms. The fourth-order valence-corrected chi connectivity index (χ4v) is 2.37. The normalized spacial score (nSPS) is 11.7. The van der Waals surface area contributed by atoms with Crippen molar-refractivity contribution in [2.75, 3.05) is 12.0 Å². The van der Waals surface area contributed by atoms with Crippen LogP contribution in [0.2, 0.25) is 0 Å². The topological polar surface area (TPSA) is 98.2 Å². The third-order valence-electron chi connectivity index (χ3n) is 2.57. The maximum atomic E-state index is 11.4. The van der Waals surface area contributed by atoms with E-state index in [0.717, 1.165) is 6.26 Å². The van der Waals surface area contributed by atoms with Gasteiger partial charge in [-0.2, -0.15) is 5.10 Å². The van der Waals surface area contributed by atoms with Gasteiger partial charge in [-0.25, -0.2) is 8.42 Å². The Hall–Kier alpha value is -2.02. The van der Waals surface area contributed by atoms with Crippen molar-refractivity contribution < 1.29 is 13.5 Å². The lowest BCUT2D eigenvalue weighted by atomic mass is 10.1. The number of nitrogens with two attached hydrogens (primary N) is 1. The highest BCUT2D eigenvalue weighted by Gasteiger charge is 2.14. The summed E-state index contributed by atoms with van der Waals surface area (Å²) in [6, 6.07) is 5.94. The molecule has 0 amide bonds. The number of aromatic hydroxyl groups is 1. The zero-order valence-corrected chi connectivity index (χ0v) is 10.8. The molecule has 6 nitrogen and oxygen atoms in total. The van der Waals surface area contributed by atoms with E-state index in [2.05, 4.69) is 5.10 Å². The second-order valence-corrected chi connectivity index (χ2v) is 6.02. The zero-order chi connectivity index (χ0) is 13.5. The molecule has 0 aliphatic rings. The molecule has 0 aliphatic carbocycles. The quantitative estimate of drug-likeness (QED) is 0.837.